The van der Waals surface area contributed by atoms with Gasteiger partial charge in [0, 0.05) is 6.61 Å². The van der Waals surface area contributed by atoms with Crippen molar-refractivity contribution in [3.63, 3.8) is 0 Å². The summed E-state index contributed by atoms with van der Waals surface area (Å²) in [6.07, 6.45) is 9.41. The molecule has 2 saturated carbocycles. The van der Waals surface area contributed by atoms with E-state index in [0.29, 0.717) is 5.92 Å². The molecule has 0 aromatic heterocycles. The van der Waals surface area contributed by atoms with Gasteiger partial charge in [0.05, 0.1) is 6.10 Å². The van der Waals surface area contributed by atoms with E-state index in [1.807, 2.05) is 13.8 Å². The first-order valence-corrected chi connectivity index (χ1v) is 7.97. The Morgan fingerprint density at radius 1 is 1.41 bits per heavy atom. The van der Waals surface area contributed by atoms with E-state index in [2.05, 4.69) is 32.7 Å². The number of rotatable bonds is 6. The Morgan fingerprint density at radius 3 is 2.59 bits per heavy atom. The van der Waals surface area contributed by atoms with Crippen molar-refractivity contribution in [1.82, 2.24) is 0 Å². The minimum absolute atomic E-state index is 0.0875. The second-order valence-corrected chi connectivity index (χ2v) is 6.18. The van der Waals surface area contributed by atoms with Gasteiger partial charge in [-0.3, -0.25) is 0 Å². The normalized spacial score (nSPS) is 26.8. The third kappa shape index (κ3) is 3.24. The van der Waals surface area contributed by atoms with Crippen LogP contribution < -0.4 is 0 Å². The summed E-state index contributed by atoms with van der Waals surface area (Å²) in [7, 11) is 0. The van der Waals surface area contributed by atoms with Gasteiger partial charge < -0.3 is 9.47 Å². The Balaban J connectivity index is 1.81. The molecular formula is C14H23IO2. The molecule has 0 aromatic rings. The lowest BCUT2D eigenvalue weighted by atomic mass is 9.51. The maximum atomic E-state index is 5.98. The lowest BCUT2D eigenvalue weighted by Gasteiger charge is -2.56. The van der Waals surface area contributed by atoms with Crippen LogP contribution in [-0.2, 0) is 9.47 Å². The quantitative estimate of drug-likeness (QED) is 0.526. The van der Waals surface area contributed by atoms with Crippen LogP contribution in [0.5, 0.6) is 0 Å². The van der Waals surface area contributed by atoms with Gasteiger partial charge in [-0.1, -0.05) is 29.0 Å². The summed E-state index contributed by atoms with van der Waals surface area (Å²) in [5, 5.41) is 0. The largest absolute Gasteiger partial charge is 0.353 e. The molecule has 2 unspecified atom stereocenters. The summed E-state index contributed by atoms with van der Waals surface area (Å²) in [6.45, 7) is 4.72. The van der Waals surface area contributed by atoms with Crippen molar-refractivity contribution in [2.75, 3.05) is 6.61 Å². The lowest BCUT2D eigenvalue weighted by Crippen LogP contribution is -2.47. The molecule has 0 radical (unpaired) electrons. The first kappa shape index (κ1) is 13.8. The average Bonchev–Trinajstić information content (AvgIpc) is 2.13. The highest BCUT2D eigenvalue weighted by molar-refractivity contribution is 14.1. The highest BCUT2D eigenvalue weighted by Crippen LogP contribution is 2.59. The third-order valence-electron chi connectivity index (χ3n) is 4.28. The number of hydrogen-bond acceptors (Lipinski definition) is 2. The molecule has 0 aromatic carbocycles. The van der Waals surface area contributed by atoms with Crippen LogP contribution in [-0.4, -0.2) is 19.0 Å². The minimum Gasteiger partial charge on any atom is -0.353 e. The molecule has 0 aliphatic heterocycles. The monoisotopic (exact) mass is 350 g/mol. The first-order valence-electron chi connectivity index (χ1n) is 6.73. The highest BCUT2D eigenvalue weighted by Gasteiger charge is 2.50. The summed E-state index contributed by atoms with van der Waals surface area (Å²) in [5.41, 5.74) is 0.722. The van der Waals surface area contributed by atoms with E-state index in [-0.39, 0.29) is 12.4 Å². The molecular weight excluding hydrogens is 327 g/mol. The predicted octanol–water partition coefficient (Wildman–Crippen LogP) is 4.28. The first-order chi connectivity index (χ1) is 8.19. The summed E-state index contributed by atoms with van der Waals surface area (Å²) in [5.74, 6) is 0.712. The molecule has 3 heteroatoms. The topological polar surface area (TPSA) is 18.5 Å². The maximum absolute atomic E-state index is 5.98. The molecule has 2 rings (SSSR count). The van der Waals surface area contributed by atoms with Gasteiger partial charge in [-0.2, -0.15) is 0 Å². The van der Waals surface area contributed by atoms with Crippen LogP contribution in [0.1, 0.15) is 46.0 Å². The van der Waals surface area contributed by atoms with E-state index in [4.69, 9.17) is 9.47 Å². The smallest absolute Gasteiger partial charge is 0.155 e. The molecule has 2 aliphatic rings. The molecule has 1 spiro atoms. The van der Waals surface area contributed by atoms with Gasteiger partial charge in [-0.05, 0) is 61.0 Å². The van der Waals surface area contributed by atoms with E-state index in [1.54, 1.807) is 0 Å². The number of ether oxygens (including phenoxy) is 2. The van der Waals surface area contributed by atoms with E-state index in [1.165, 1.54) is 32.1 Å². The number of halogens is 1. The Hall–Kier alpha value is 0.390. The van der Waals surface area contributed by atoms with E-state index >= 15 is 0 Å². The fraction of sp³-hybridized carbons (Fsp3) is 0.857. The van der Waals surface area contributed by atoms with Gasteiger partial charge in [0.15, 0.2) is 6.29 Å². The average molecular weight is 350 g/mol. The zero-order valence-corrected chi connectivity index (χ0v) is 13.0. The second-order valence-electron chi connectivity index (χ2n) is 5.46. The molecule has 0 saturated heterocycles. The van der Waals surface area contributed by atoms with Crippen molar-refractivity contribution < 1.29 is 9.47 Å². The van der Waals surface area contributed by atoms with Crippen molar-refractivity contribution >= 4 is 22.6 Å². The fourth-order valence-electron chi connectivity index (χ4n) is 3.25. The molecule has 0 bridgehead atoms. The molecule has 2 nitrogen and oxygen atoms in total. The molecule has 17 heavy (non-hydrogen) atoms. The van der Waals surface area contributed by atoms with Crippen LogP contribution in [0.25, 0.3) is 0 Å². The Kier molecular flexibility index (Phi) is 4.89. The molecule has 2 aliphatic carbocycles. The minimum atomic E-state index is -0.0875. The summed E-state index contributed by atoms with van der Waals surface area (Å²) in [6, 6.07) is 0. The third-order valence-corrected chi connectivity index (χ3v) is 4.70. The zero-order valence-electron chi connectivity index (χ0n) is 10.8. The molecule has 0 amide bonds. The fourth-order valence-corrected chi connectivity index (χ4v) is 3.66. The van der Waals surface area contributed by atoms with Crippen LogP contribution in [0.4, 0.5) is 0 Å². The standard InChI is InChI=1S/C14H23IO2/c1-3-16-11(2)17-13(5-8-15)12-9-14(10-12)6-4-7-14/h5,8,11-13H,3-4,6-7,9-10H2,1-2H3/b8-5+. The Bertz CT molecular complexity index is 265. The van der Waals surface area contributed by atoms with Crippen molar-refractivity contribution in [2.45, 2.75) is 58.3 Å². The highest BCUT2D eigenvalue weighted by atomic mass is 127. The van der Waals surface area contributed by atoms with Crippen molar-refractivity contribution in [3.05, 3.63) is 10.2 Å². The van der Waals surface area contributed by atoms with Crippen LogP contribution in [0.3, 0.4) is 0 Å². The molecule has 98 valence electrons. The molecule has 0 N–H and O–H groups in total. The van der Waals surface area contributed by atoms with Crippen molar-refractivity contribution in [2.24, 2.45) is 11.3 Å². The van der Waals surface area contributed by atoms with Gasteiger partial charge in [0.2, 0.25) is 0 Å². The summed E-state index contributed by atoms with van der Waals surface area (Å²) >= 11 is 2.28. The molecule has 2 atom stereocenters. The summed E-state index contributed by atoms with van der Waals surface area (Å²) in [4.78, 5) is 0. The molecule has 0 heterocycles. The van der Waals surface area contributed by atoms with Crippen molar-refractivity contribution in [3.8, 4) is 0 Å². The maximum Gasteiger partial charge on any atom is 0.155 e. The van der Waals surface area contributed by atoms with Gasteiger partial charge in [0.1, 0.15) is 0 Å². The Morgan fingerprint density at radius 2 is 2.12 bits per heavy atom. The van der Waals surface area contributed by atoms with Crippen LogP contribution >= 0.6 is 22.6 Å². The van der Waals surface area contributed by atoms with Gasteiger partial charge in [-0.15, -0.1) is 0 Å². The summed E-state index contributed by atoms with van der Waals surface area (Å²) < 4.78 is 13.5. The van der Waals surface area contributed by atoms with Gasteiger partial charge >= 0.3 is 0 Å². The van der Waals surface area contributed by atoms with Crippen LogP contribution in [0.15, 0.2) is 10.2 Å². The van der Waals surface area contributed by atoms with Crippen molar-refractivity contribution in [1.29, 1.82) is 0 Å². The molecule has 2 fully saturated rings. The van der Waals surface area contributed by atoms with E-state index < -0.39 is 0 Å². The van der Waals surface area contributed by atoms with E-state index in [0.717, 1.165) is 12.0 Å². The second kappa shape index (κ2) is 6.02. The van der Waals surface area contributed by atoms with E-state index in [9.17, 15) is 0 Å². The predicted molar refractivity (Wildman–Crippen MR) is 78.1 cm³/mol. The number of hydrogen-bond donors (Lipinski definition) is 0. The van der Waals surface area contributed by atoms with Crippen LogP contribution in [0, 0.1) is 11.3 Å². The zero-order chi connectivity index (χ0) is 12.3. The van der Waals surface area contributed by atoms with Gasteiger partial charge in [0.25, 0.3) is 0 Å². The lowest BCUT2D eigenvalue weighted by molar-refractivity contribution is -0.181. The van der Waals surface area contributed by atoms with Gasteiger partial charge in [-0.25, -0.2) is 0 Å². The Labute approximate surface area is 118 Å². The SMILES string of the molecule is CCOC(C)OC(/C=C/I)C1CC2(CCC2)C1. The van der Waals surface area contributed by atoms with Crippen LogP contribution in [0.2, 0.25) is 0 Å².